The number of carbonyl (C=O) groups is 3. The second kappa shape index (κ2) is 5.01. The maximum absolute atomic E-state index is 12.6. The number of hydrogen-bond donors (Lipinski definition) is 2. The largest absolute Gasteiger partial charge is 0.482 e. The van der Waals surface area contributed by atoms with Gasteiger partial charge in [-0.3, -0.25) is 9.59 Å². The lowest BCUT2D eigenvalue weighted by Crippen LogP contribution is -2.50. The van der Waals surface area contributed by atoms with Gasteiger partial charge in [0.15, 0.2) is 6.61 Å². The average Bonchev–Trinajstić information content (AvgIpc) is 2.89. The van der Waals surface area contributed by atoms with Gasteiger partial charge in [-0.1, -0.05) is 0 Å². The van der Waals surface area contributed by atoms with E-state index in [0.29, 0.717) is 36.4 Å². The third-order valence-corrected chi connectivity index (χ3v) is 4.21. The first kappa shape index (κ1) is 14.4. The van der Waals surface area contributed by atoms with Crippen LogP contribution >= 0.6 is 0 Å². The minimum absolute atomic E-state index is 0.0960. The molecule has 1 aromatic carbocycles. The van der Waals surface area contributed by atoms with Crippen LogP contribution in [0.5, 0.6) is 5.75 Å². The summed E-state index contributed by atoms with van der Waals surface area (Å²) in [6.45, 7) is 1.88. The summed E-state index contributed by atoms with van der Waals surface area (Å²) in [5.74, 6) is -1.17. The van der Waals surface area contributed by atoms with E-state index >= 15 is 0 Å². The molecule has 1 fully saturated rings. The van der Waals surface area contributed by atoms with Crippen LogP contribution in [0.2, 0.25) is 0 Å². The van der Waals surface area contributed by atoms with Gasteiger partial charge in [-0.05, 0) is 38.0 Å². The molecule has 0 saturated carbocycles. The molecule has 0 aliphatic carbocycles. The van der Waals surface area contributed by atoms with Gasteiger partial charge in [0, 0.05) is 12.1 Å². The van der Waals surface area contributed by atoms with Gasteiger partial charge in [-0.25, -0.2) is 4.79 Å². The van der Waals surface area contributed by atoms with Crippen LogP contribution in [0.3, 0.4) is 0 Å². The Bertz CT molecular complexity index is 672. The average molecular weight is 304 g/mol. The number of fused-ring (bicyclic) bond motifs is 1. The van der Waals surface area contributed by atoms with E-state index in [1.54, 1.807) is 19.1 Å². The molecule has 2 heterocycles. The number of aliphatic carboxylic acids is 1. The van der Waals surface area contributed by atoms with Crippen molar-refractivity contribution >= 4 is 23.5 Å². The van der Waals surface area contributed by atoms with Crippen LogP contribution in [0.4, 0.5) is 5.69 Å². The van der Waals surface area contributed by atoms with Crippen LogP contribution in [0.15, 0.2) is 18.2 Å². The first-order chi connectivity index (χ1) is 10.4. The van der Waals surface area contributed by atoms with Gasteiger partial charge < -0.3 is 20.1 Å². The Labute approximate surface area is 126 Å². The topological polar surface area (TPSA) is 95.9 Å². The summed E-state index contributed by atoms with van der Waals surface area (Å²) in [6.07, 6.45) is 1.09. The molecule has 0 bridgehead atoms. The van der Waals surface area contributed by atoms with Crippen LogP contribution in [0.25, 0.3) is 0 Å². The molecule has 2 amide bonds. The fourth-order valence-electron chi connectivity index (χ4n) is 2.87. The molecule has 22 heavy (non-hydrogen) atoms. The molecule has 7 nitrogen and oxygen atoms in total. The second-order valence-corrected chi connectivity index (χ2v) is 5.69. The summed E-state index contributed by atoms with van der Waals surface area (Å²) in [6, 6.07) is 4.70. The Balaban J connectivity index is 1.90. The zero-order valence-electron chi connectivity index (χ0n) is 12.1. The van der Waals surface area contributed by atoms with Crippen molar-refractivity contribution in [1.29, 1.82) is 0 Å². The van der Waals surface area contributed by atoms with Crippen molar-refractivity contribution in [3.63, 3.8) is 0 Å². The van der Waals surface area contributed by atoms with Crippen LogP contribution < -0.4 is 10.1 Å². The highest BCUT2D eigenvalue weighted by Crippen LogP contribution is 2.33. The molecule has 1 saturated heterocycles. The quantitative estimate of drug-likeness (QED) is 0.853. The lowest BCUT2D eigenvalue weighted by atomic mass is 9.98. The van der Waals surface area contributed by atoms with E-state index in [0.717, 1.165) is 0 Å². The number of hydrogen-bond acceptors (Lipinski definition) is 4. The van der Waals surface area contributed by atoms with E-state index in [9.17, 15) is 19.5 Å². The fourth-order valence-corrected chi connectivity index (χ4v) is 2.87. The van der Waals surface area contributed by atoms with Gasteiger partial charge in [0.2, 0.25) is 0 Å². The molecule has 2 aliphatic rings. The molecule has 2 aliphatic heterocycles. The number of carbonyl (C=O) groups excluding carboxylic acids is 2. The van der Waals surface area contributed by atoms with Crippen molar-refractivity contribution in [2.24, 2.45) is 0 Å². The number of carboxylic acid groups (broad SMARTS) is 1. The SMILES string of the molecule is CC1(C(=O)O)CCCN1C(=O)c1ccc2c(c1)OCC(=O)N2. The summed E-state index contributed by atoms with van der Waals surface area (Å²) >= 11 is 0. The first-order valence-electron chi connectivity index (χ1n) is 7.04. The standard InChI is InChI=1S/C15H16N2O5/c1-15(14(20)21)5-2-6-17(15)13(19)9-3-4-10-11(7-9)22-8-12(18)16-10/h3-4,7H,2,5-6,8H2,1H3,(H,16,18)(H,20,21). The predicted octanol–water partition coefficient (Wildman–Crippen LogP) is 1.10. The Morgan fingerprint density at radius 2 is 2.18 bits per heavy atom. The molecular weight excluding hydrogens is 288 g/mol. The molecular formula is C15H16N2O5. The van der Waals surface area contributed by atoms with Gasteiger partial charge in [0.1, 0.15) is 11.3 Å². The van der Waals surface area contributed by atoms with E-state index < -0.39 is 11.5 Å². The number of carboxylic acids is 1. The highest BCUT2D eigenvalue weighted by atomic mass is 16.5. The third-order valence-electron chi connectivity index (χ3n) is 4.21. The van der Waals surface area contributed by atoms with Crippen molar-refractivity contribution in [3.05, 3.63) is 23.8 Å². The first-order valence-corrected chi connectivity index (χ1v) is 7.04. The molecule has 116 valence electrons. The van der Waals surface area contributed by atoms with Crippen molar-refractivity contribution < 1.29 is 24.2 Å². The smallest absolute Gasteiger partial charge is 0.329 e. The van der Waals surface area contributed by atoms with Crippen molar-refractivity contribution in [2.45, 2.75) is 25.3 Å². The minimum atomic E-state index is -1.18. The van der Waals surface area contributed by atoms with Gasteiger partial charge in [-0.15, -0.1) is 0 Å². The number of rotatable bonds is 2. The summed E-state index contributed by atoms with van der Waals surface area (Å²) < 4.78 is 5.29. The molecule has 1 atom stereocenters. The van der Waals surface area contributed by atoms with Crippen LogP contribution in [0, 0.1) is 0 Å². The van der Waals surface area contributed by atoms with E-state index in [-0.39, 0.29) is 18.4 Å². The normalized spacial score (nSPS) is 23.5. The summed E-state index contributed by atoms with van der Waals surface area (Å²) in [5, 5.41) is 12.0. The maximum Gasteiger partial charge on any atom is 0.329 e. The molecule has 0 spiro atoms. The number of ether oxygens (including phenoxy) is 1. The highest BCUT2D eigenvalue weighted by Gasteiger charge is 2.46. The molecule has 1 unspecified atom stereocenters. The number of benzene rings is 1. The van der Waals surface area contributed by atoms with Gasteiger partial charge in [0.05, 0.1) is 5.69 Å². The molecule has 0 radical (unpaired) electrons. The number of nitrogens with one attached hydrogen (secondary N) is 1. The second-order valence-electron chi connectivity index (χ2n) is 5.69. The third kappa shape index (κ3) is 2.18. The van der Waals surface area contributed by atoms with Crippen molar-refractivity contribution in [3.8, 4) is 5.75 Å². The molecule has 3 rings (SSSR count). The fraction of sp³-hybridized carbons (Fsp3) is 0.400. The summed E-state index contributed by atoms with van der Waals surface area (Å²) in [4.78, 5) is 36.7. The van der Waals surface area contributed by atoms with Gasteiger partial charge >= 0.3 is 5.97 Å². The molecule has 1 aromatic rings. The Hall–Kier alpha value is -2.57. The van der Waals surface area contributed by atoms with Crippen molar-refractivity contribution in [1.82, 2.24) is 4.90 Å². The number of nitrogens with zero attached hydrogens (tertiary/aromatic N) is 1. The zero-order chi connectivity index (χ0) is 15.9. The van der Waals surface area contributed by atoms with Gasteiger partial charge in [-0.2, -0.15) is 0 Å². The number of anilines is 1. The highest BCUT2D eigenvalue weighted by molar-refractivity contribution is 6.01. The van der Waals surface area contributed by atoms with E-state index in [1.165, 1.54) is 11.0 Å². The number of amides is 2. The zero-order valence-corrected chi connectivity index (χ0v) is 12.1. The van der Waals surface area contributed by atoms with Gasteiger partial charge in [0.25, 0.3) is 11.8 Å². The lowest BCUT2D eigenvalue weighted by molar-refractivity contribution is -0.147. The minimum Gasteiger partial charge on any atom is -0.482 e. The van der Waals surface area contributed by atoms with E-state index in [4.69, 9.17) is 4.74 Å². The molecule has 2 N–H and O–H groups in total. The lowest BCUT2D eigenvalue weighted by Gasteiger charge is -2.31. The molecule has 0 aromatic heterocycles. The number of likely N-dealkylation sites (tertiary alicyclic amines) is 1. The molecule has 7 heteroatoms. The predicted molar refractivity (Wildman–Crippen MR) is 76.9 cm³/mol. The van der Waals surface area contributed by atoms with E-state index in [2.05, 4.69) is 5.32 Å². The van der Waals surface area contributed by atoms with Crippen LogP contribution in [0.1, 0.15) is 30.1 Å². The maximum atomic E-state index is 12.6. The Morgan fingerprint density at radius 1 is 1.41 bits per heavy atom. The van der Waals surface area contributed by atoms with Crippen LogP contribution in [-0.2, 0) is 9.59 Å². The summed E-state index contributed by atoms with van der Waals surface area (Å²) in [5.41, 5.74) is -0.318. The van der Waals surface area contributed by atoms with E-state index in [1.807, 2.05) is 0 Å². The Morgan fingerprint density at radius 3 is 2.91 bits per heavy atom. The van der Waals surface area contributed by atoms with Crippen LogP contribution in [-0.4, -0.2) is 46.5 Å². The van der Waals surface area contributed by atoms with Crippen molar-refractivity contribution in [2.75, 3.05) is 18.5 Å². The monoisotopic (exact) mass is 304 g/mol. The summed E-state index contributed by atoms with van der Waals surface area (Å²) in [7, 11) is 0. The Kier molecular flexibility index (Phi) is 3.27.